The van der Waals surface area contributed by atoms with Crippen LogP contribution in [-0.2, 0) is 17.4 Å². The molecule has 34 heavy (non-hydrogen) atoms. The summed E-state index contributed by atoms with van der Waals surface area (Å²) in [7, 11) is 0. The first-order valence-corrected chi connectivity index (χ1v) is 10.6. The lowest BCUT2D eigenvalue weighted by Crippen LogP contribution is -2.47. The summed E-state index contributed by atoms with van der Waals surface area (Å²) in [5.74, 6) is -0.902. The lowest BCUT2D eigenvalue weighted by atomic mass is 9.99. The van der Waals surface area contributed by atoms with Gasteiger partial charge < -0.3 is 20.1 Å². The molecule has 2 aromatic rings. The quantitative estimate of drug-likeness (QED) is 0.537. The van der Waals surface area contributed by atoms with Crippen LogP contribution < -0.4 is 10.1 Å². The molecule has 186 valence electrons. The van der Waals surface area contributed by atoms with Crippen molar-refractivity contribution in [1.29, 1.82) is 0 Å². The Balaban J connectivity index is 1.68. The van der Waals surface area contributed by atoms with E-state index in [2.05, 4.69) is 10.1 Å². The monoisotopic (exact) mass is 490 g/mol. The highest BCUT2D eigenvalue weighted by atomic mass is 19.4. The fourth-order valence-electron chi connectivity index (χ4n) is 3.82. The summed E-state index contributed by atoms with van der Waals surface area (Å²) < 4.78 is 79.2. The fourth-order valence-corrected chi connectivity index (χ4v) is 3.82. The Bertz CT molecular complexity index is 939. The van der Waals surface area contributed by atoms with Gasteiger partial charge >= 0.3 is 12.5 Å². The molecule has 0 saturated carbocycles. The summed E-state index contributed by atoms with van der Waals surface area (Å²) in [6, 6.07) is 8.13. The second-order valence-corrected chi connectivity index (χ2v) is 8.11. The number of halogens is 6. The zero-order chi connectivity index (χ0) is 24.9. The number of nitrogens with one attached hydrogen (secondary N) is 1. The number of hydrogen-bond donors (Lipinski definition) is 2. The molecule has 2 aromatic carbocycles. The van der Waals surface area contributed by atoms with Gasteiger partial charge in [0.25, 0.3) is 0 Å². The van der Waals surface area contributed by atoms with Gasteiger partial charge in [-0.1, -0.05) is 24.3 Å². The van der Waals surface area contributed by atoms with E-state index in [0.717, 1.165) is 50.2 Å². The molecule has 1 fully saturated rings. The van der Waals surface area contributed by atoms with E-state index in [9.17, 15) is 36.2 Å². The molecule has 0 aliphatic carbocycles. The van der Waals surface area contributed by atoms with Gasteiger partial charge in [0.15, 0.2) is 0 Å². The zero-order valence-electron chi connectivity index (χ0n) is 18.0. The molecule has 1 amide bonds. The first kappa shape index (κ1) is 25.8. The zero-order valence-corrected chi connectivity index (χ0v) is 18.0. The normalized spacial score (nSPS) is 16.8. The Hall–Kier alpha value is -2.79. The number of aliphatic hydroxyl groups is 1. The second-order valence-electron chi connectivity index (χ2n) is 8.11. The number of amides is 1. The predicted molar refractivity (Wildman–Crippen MR) is 111 cm³/mol. The minimum absolute atomic E-state index is 0.164. The van der Waals surface area contributed by atoms with E-state index in [1.807, 2.05) is 4.90 Å². The average molecular weight is 490 g/mol. The van der Waals surface area contributed by atoms with Crippen molar-refractivity contribution in [3.63, 3.8) is 0 Å². The van der Waals surface area contributed by atoms with E-state index >= 15 is 0 Å². The van der Waals surface area contributed by atoms with Crippen molar-refractivity contribution in [3.05, 3.63) is 65.2 Å². The summed E-state index contributed by atoms with van der Waals surface area (Å²) in [5.41, 5.74) is -0.191. The van der Waals surface area contributed by atoms with Crippen LogP contribution in [-0.4, -0.2) is 48.0 Å². The number of aliphatic hydroxyl groups excluding tert-OH is 1. The van der Waals surface area contributed by atoms with Gasteiger partial charge in [-0.25, -0.2) is 0 Å². The molecule has 1 saturated heterocycles. The number of ether oxygens (including phenoxy) is 1. The Morgan fingerprint density at radius 1 is 0.971 bits per heavy atom. The molecule has 2 N–H and O–H groups in total. The Kier molecular flexibility index (Phi) is 8.09. The van der Waals surface area contributed by atoms with Crippen LogP contribution in [0.15, 0.2) is 48.5 Å². The summed E-state index contributed by atoms with van der Waals surface area (Å²) >= 11 is 0. The van der Waals surface area contributed by atoms with E-state index in [4.69, 9.17) is 0 Å². The number of carbonyl (C=O) groups is 1. The van der Waals surface area contributed by atoms with Crippen LogP contribution in [0.25, 0.3) is 0 Å². The van der Waals surface area contributed by atoms with E-state index in [0.29, 0.717) is 12.1 Å². The molecule has 2 atom stereocenters. The first-order valence-electron chi connectivity index (χ1n) is 10.6. The highest BCUT2D eigenvalue weighted by molar-refractivity contribution is 5.79. The second kappa shape index (κ2) is 10.6. The van der Waals surface area contributed by atoms with Crippen molar-refractivity contribution in [3.8, 4) is 5.75 Å². The van der Waals surface area contributed by atoms with E-state index < -0.39 is 41.9 Å². The van der Waals surface area contributed by atoms with Gasteiger partial charge in [0.05, 0.1) is 18.0 Å². The summed E-state index contributed by atoms with van der Waals surface area (Å²) in [6.07, 6.45) is -8.83. The van der Waals surface area contributed by atoms with Crippen LogP contribution >= 0.6 is 0 Å². The van der Waals surface area contributed by atoms with Crippen molar-refractivity contribution in [2.45, 2.75) is 43.9 Å². The SMILES string of the molecule is O=C(Cc1ccc(OC(F)(F)F)cc1)N[C@H](CN1CCCC1)[C@H](O)c1ccc(C(F)(F)F)cc1. The Morgan fingerprint density at radius 3 is 2.09 bits per heavy atom. The number of nitrogens with zero attached hydrogens (tertiary/aromatic N) is 1. The molecule has 5 nitrogen and oxygen atoms in total. The number of carbonyl (C=O) groups excluding carboxylic acids is 1. The van der Waals surface area contributed by atoms with Gasteiger partial charge in [0.1, 0.15) is 11.9 Å². The minimum Gasteiger partial charge on any atom is -0.406 e. The standard InChI is InChI=1S/C23H24F6N2O3/c24-22(25,26)17-7-5-16(6-8-17)21(33)19(14-31-11-1-2-12-31)30-20(32)13-15-3-9-18(10-4-15)34-23(27,28)29/h3-10,19,21,33H,1-2,11-14H2,(H,30,32)/t19-,21-/m1/s1. The topological polar surface area (TPSA) is 61.8 Å². The molecule has 1 aliphatic heterocycles. The molecule has 0 aromatic heterocycles. The predicted octanol–water partition coefficient (Wildman–Crippen LogP) is 4.46. The van der Waals surface area contributed by atoms with Crippen LogP contribution in [0.4, 0.5) is 26.3 Å². The number of benzene rings is 2. The lowest BCUT2D eigenvalue weighted by Gasteiger charge is -2.29. The van der Waals surface area contributed by atoms with Crippen LogP contribution in [0.3, 0.4) is 0 Å². The first-order chi connectivity index (χ1) is 15.9. The third-order valence-electron chi connectivity index (χ3n) is 5.48. The molecule has 1 heterocycles. The van der Waals surface area contributed by atoms with Crippen LogP contribution in [0, 0.1) is 0 Å². The summed E-state index contributed by atoms with van der Waals surface area (Å²) in [6.45, 7) is 1.84. The maximum absolute atomic E-state index is 12.8. The largest absolute Gasteiger partial charge is 0.573 e. The van der Waals surface area contributed by atoms with Crippen molar-refractivity contribution in [2.24, 2.45) is 0 Å². The van der Waals surface area contributed by atoms with Crippen LogP contribution in [0.1, 0.15) is 35.6 Å². The lowest BCUT2D eigenvalue weighted by molar-refractivity contribution is -0.274. The third-order valence-corrected chi connectivity index (χ3v) is 5.48. The molecule has 0 bridgehead atoms. The van der Waals surface area contributed by atoms with Gasteiger partial charge in [-0.05, 0) is 61.3 Å². The summed E-state index contributed by atoms with van der Waals surface area (Å²) in [5, 5.41) is 13.6. The minimum atomic E-state index is -4.82. The molecule has 11 heteroatoms. The van der Waals surface area contributed by atoms with Crippen molar-refractivity contribution < 1.29 is 41.0 Å². The maximum atomic E-state index is 12.8. The Labute approximate surface area is 192 Å². The molecule has 3 rings (SSSR count). The highest BCUT2D eigenvalue weighted by Crippen LogP contribution is 2.30. The van der Waals surface area contributed by atoms with Crippen molar-refractivity contribution >= 4 is 5.91 Å². The smallest absolute Gasteiger partial charge is 0.406 e. The summed E-state index contributed by atoms with van der Waals surface area (Å²) in [4.78, 5) is 14.7. The van der Waals surface area contributed by atoms with Crippen LogP contribution in [0.5, 0.6) is 5.75 Å². The Morgan fingerprint density at radius 2 is 1.56 bits per heavy atom. The number of alkyl halides is 6. The van der Waals surface area contributed by atoms with E-state index in [1.54, 1.807) is 0 Å². The van der Waals surface area contributed by atoms with Gasteiger partial charge in [0.2, 0.25) is 5.91 Å². The number of hydrogen-bond acceptors (Lipinski definition) is 4. The van der Waals surface area contributed by atoms with E-state index in [-0.39, 0.29) is 12.0 Å². The maximum Gasteiger partial charge on any atom is 0.573 e. The van der Waals surface area contributed by atoms with Crippen molar-refractivity contribution in [2.75, 3.05) is 19.6 Å². The molecular formula is C23H24F6N2O3. The average Bonchev–Trinajstić information content (AvgIpc) is 3.26. The van der Waals surface area contributed by atoms with Gasteiger partial charge in [0, 0.05) is 6.54 Å². The molecule has 1 aliphatic rings. The number of rotatable bonds is 8. The molecule has 0 radical (unpaired) electrons. The van der Waals surface area contributed by atoms with Gasteiger partial charge in [-0.3, -0.25) is 4.79 Å². The molecule has 0 unspecified atom stereocenters. The number of likely N-dealkylation sites (tertiary alicyclic amines) is 1. The molecule has 0 spiro atoms. The van der Waals surface area contributed by atoms with E-state index in [1.165, 1.54) is 24.3 Å². The van der Waals surface area contributed by atoms with Gasteiger partial charge in [-0.15, -0.1) is 13.2 Å². The molecular weight excluding hydrogens is 466 g/mol. The fraction of sp³-hybridized carbons (Fsp3) is 0.435. The van der Waals surface area contributed by atoms with Gasteiger partial charge in [-0.2, -0.15) is 13.2 Å². The van der Waals surface area contributed by atoms with Crippen molar-refractivity contribution in [1.82, 2.24) is 10.2 Å². The third kappa shape index (κ3) is 7.63. The van der Waals surface area contributed by atoms with Crippen LogP contribution in [0.2, 0.25) is 0 Å². The highest BCUT2D eigenvalue weighted by Gasteiger charge is 2.32.